The zero-order valence-electron chi connectivity index (χ0n) is 22.4. The number of nitrogens with two attached hydrogens (primary N) is 1. The Morgan fingerprint density at radius 2 is 1.72 bits per heavy atom. The third kappa shape index (κ3) is 7.11. The Bertz CT molecular complexity index is 1360. The topological polar surface area (TPSA) is 104 Å². The Hall–Kier alpha value is -4.44. The number of rotatable bonds is 12. The number of carbonyl (C=O) groups excluding carboxylic acids is 1. The van der Waals surface area contributed by atoms with Crippen LogP contribution in [0.15, 0.2) is 78.2 Å². The highest BCUT2D eigenvalue weighted by molar-refractivity contribution is 5.74. The summed E-state index contributed by atoms with van der Waals surface area (Å²) in [6.07, 6.45) is 5.90. The Labute approximate surface area is 229 Å². The van der Waals surface area contributed by atoms with E-state index in [0.717, 1.165) is 35.3 Å². The molecule has 0 radical (unpaired) electrons. The van der Waals surface area contributed by atoms with Crippen LogP contribution in [-0.4, -0.2) is 19.2 Å². The summed E-state index contributed by atoms with van der Waals surface area (Å²) >= 11 is 0. The highest BCUT2D eigenvalue weighted by Gasteiger charge is 2.31. The smallest absolute Gasteiger partial charge is 0.349 e. The van der Waals surface area contributed by atoms with Crippen LogP contribution in [0.5, 0.6) is 23.0 Å². The van der Waals surface area contributed by atoms with E-state index in [1.54, 1.807) is 24.3 Å². The molecule has 0 amide bonds. The zero-order valence-corrected chi connectivity index (χ0v) is 22.4. The average Bonchev–Trinajstić information content (AvgIpc) is 2.94. The van der Waals surface area contributed by atoms with Gasteiger partial charge in [-0.15, -0.1) is 0 Å². The predicted octanol–water partition coefficient (Wildman–Crippen LogP) is 6.55. The summed E-state index contributed by atoms with van der Waals surface area (Å²) in [5.41, 5.74) is 9.02. The van der Waals surface area contributed by atoms with Crippen LogP contribution in [0.3, 0.4) is 0 Å². The van der Waals surface area contributed by atoms with Crippen molar-refractivity contribution in [1.82, 2.24) is 0 Å². The molecule has 7 heteroatoms. The SMILES string of the molecule is CCCCCCCOc1ccc(C2C(C#N)=C(N)Oc3cc(OC(=O)COc4ccccc4C)ccc32)cc1. The molecule has 4 rings (SSSR count). The molecule has 2 N–H and O–H groups in total. The third-order valence-corrected chi connectivity index (χ3v) is 6.59. The van der Waals surface area contributed by atoms with Gasteiger partial charge in [0.05, 0.1) is 12.5 Å². The molecule has 1 aliphatic rings. The normalized spacial score (nSPS) is 14.1. The molecule has 202 valence electrons. The number of hydrogen-bond donors (Lipinski definition) is 1. The third-order valence-electron chi connectivity index (χ3n) is 6.59. The molecule has 7 nitrogen and oxygen atoms in total. The Morgan fingerprint density at radius 1 is 0.974 bits per heavy atom. The predicted molar refractivity (Wildman–Crippen MR) is 149 cm³/mol. The van der Waals surface area contributed by atoms with Gasteiger partial charge in [0.15, 0.2) is 6.61 Å². The molecule has 3 aromatic rings. The lowest BCUT2D eigenvalue weighted by Crippen LogP contribution is -2.21. The van der Waals surface area contributed by atoms with Gasteiger partial charge in [-0.05, 0) is 48.7 Å². The van der Waals surface area contributed by atoms with E-state index >= 15 is 0 Å². The van der Waals surface area contributed by atoms with Crippen molar-refractivity contribution in [2.45, 2.75) is 51.9 Å². The summed E-state index contributed by atoms with van der Waals surface area (Å²) in [5.74, 6) is 1.18. The lowest BCUT2D eigenvalue weighted by Gasteiger charge is -2.26. The van der Waals surface area contributed by atoms with Crippen LogP contribution in [0, 0.1) is 18.3 Å². The van der Waals surface area contributed by atoms with E-state index < -0.39 is 11.9 Å². The van der Waals surface area contributed by atoms with Crippen molar-refractivity contribution < 1.29 is 23.7 Å². The Kier molecular flexibility index (Phi) is 9.47. The van der Waals surface area contributed by atoms with Crippen molar-refractivity contribution in [1.29, 1.82) is 5.26 Å². The number of fused-ring (bicyclic) bond motifs is 1. The quantitative estimate of drug-likeness (QED) is 0.162. The summed E-state index contributed by atoms with van der Waals surface area (Å²) in [7, 11) is 0. The molecule has 1 heterocycles. The maximum atomic E-state index is 12.4. The zero-order chi connectivity index (χ0) is 27.6. The summed E-state index contributed by atoms with van der Waals surface area (Å²) in [4.78, 5) is 12.4. The number of nitrogens with zero attached hydrogens (tertiary/aromatic N) is 1. The van der Waals surface area contributed by atoms with Gasteiger partial charge in [0.2, 0.25) is 5.88 Å². The van der Waals surface area contributed by atoms with Crippen LogP contribution in [0.4, 0.5) is 0 Å². The van der Waals surface area contributed by atoms with E-state index in [0.29, 0.717) is 29.4 Å². The largest absolute Gasteiger partial charge is 0.494 e. The average molecular weight is 527 g/mol. The molecule has 39 heavy (non-hydrogen) atoms. The van der Waals surface area contributed by atoms with Crippen molar-refractivity contribution in [2.75, 3.05) is 13.2 Å². The first-order valence-corrected chi connectivity index (χ1v) is 13.3. The molecule has 0 spiro atoms. The van der Waals surface area contributed by atoms with Crippen molar-refractivity contribution >= 4 is 5.97 Å². The summed E-state index contributed by atoms with van der Waals surface area (Å²) in [5, 5.41) is 9.85. The van der Waals surface area contributed by atoms with Gasteiger partial charge in [-0.2, -0.15) is 5.26 Å². The molecular formula is C32H34N2O5. The Balaban J connectivity index is 1.44. The number of aryl methyl sites for hydroxylation is 1. The molecule has 0 saturated heterocycles. The minimum atomic E-state index is -0.548. The van der Waals surface area contributed by atoms with Crippen LogP contribution in [0.25, 0.3) is 0 Å². The van der Waals surface area contributed by atoms with Crippen LogP contribution in [0.1, 0.15) is 61.6 Å². The molecule has 3 aromatic carbocycles. The van der Waals surface area contributed by atoms with Gasteiger partial charge < -0.3 is 24.7 Å². The van der Waals surface area contributed by atoms with Crippen LogP contribution in [0.2, 0.25) is 0 Å². The van der Waals surface area contributed by atoms with E-state index in [-0.39, 0.29) is 12.5 Å². The molecule has 1 aliphatic heterocycles. The molecule has 0 saturated carbocycles. The van der Waals surface area contributed by atoms with Crippen LogP contribution >= 0.6 is 0 Å². The maximum Gasteiger partial charge on any atom is 0.349 e. The van der Waals surface area contributed by atoms with E-state index in [9.17, 15) is 10.1 Å². The van der Waals surface area contributed by atoms with Crippen molar-refractivity contribution in [2.24, 2.45) is 5.73 Å². The van der Waals surface area contributed by atoms with Crippen molar-refractivity contribution in [3.8, 4) is 29.1 Å². The molecule has 0 aromatic heterocycles. The first-order chi connectivity index (χ1) is 19.0. The fraction of sp³-hybridized carbons (Fsp3) is 0.312. The van der Waals surface area contributed by atoms with E-state index in [1.165, 1.54) is 19.3 Å². The Morgan fingerprint density at radius 3 is 2.46 bits per heavy atom. The fourth-order valence-corrected chi connectivity index (χ4v) is 4.51. The standard InChI is InChI=1S/C32H34N2O5/c1-3-4-5-6-9-18-36-24-14-12-23(13-15-24)31-26-17-16-25(19-29(26)39-32(34)27(31)20-33)38-30(35)21-37-28-11-8-7-10-22(28)2/h7-8,10-17,19,31H,3-6,9,18,21,34H2,1-2H3. The van der Waals surface area contributed by atoms with Gasteiger partial charge in [0.25, 0.3) is 0 Å². The van der Waals surface area contributed by atoms with Crippen LogP contribution in [-0.2, 0) is 4.79 Å². The molecule has 1 unspecified atom stereocenters. The van der Waals surface area contributed by atoms with Crippen molar-refractivity contribution in [3.05, 3.63) is 94.9 Å². The summed E-state index contributed by atoms with van der Waals surface area (Å²) in [6, 6.07) is 22.4. The molecular weight excluding hydrogens is 492 g/mol. The summed E-state index contributed by atoms with van der Waals surface area (Å²) < 4.78 is 22.7. The second kappa shape index (κ2) is 13.4. The minimum absolute atomic E-state index is 0.0220. The number of hydrogen-bond acceptors (Lipinski definition) is 7. The molecule has 0 fully saturated rings. The van der Waals surface area contributed by atoms with Gasteiger partial charge in [0, 0.05) is 11.6 Å². The van der Waals surface area contributed by atoms with E-state index in [4.69, 9.17) is 24.7 Å². The second-order valence-corrected chi connectivity index (χ2v) is 9.48. The highest BCUT2D eigenvalue weighted by Crippen LogP contribution is 2.43. The lowest BCUT2D eigenvalue weighted by molar-refractivity contribution is -0.136. The maximum absolute atomic E-state index is 12.4. The van der Waals surface area contributed by atoms with E-state index in [2.05, 4.69) is 13.0 Å². The first kappa shape index (κ1) is 27.6. The van der Waals surface area contributed by atoms with Gasteiger partial charge in [0.1, 0.15) is 34.6 Å². The molecule has 0 bridgehead atoms. The van der Waals surface area contributed by atoms with Gasteiger partial charge in [-0.3, -0.25) is 0 Å². The second-order valence-electron chi connectivity index (χ2n) is 9.48. The monoisotopic (exact) mass is 526 g/mol. The van der Waals surface area contributed by atoms with E-state index in [1.807, 2.05) is 49.4 Å². The number of nitriles is 1. The lowest BCUT2D eigenvalue weighted by atomic mass is 9.83. The first-order valence-electron chi connectivity index (χ1n) is 13.3. The number of allylic oxidation sites excluding steroid dienone is 1. The van der Waals surface area contributed by atoms with Gasteiger partial charge in [-0.1, -0.05) is 69.0 Å². The number of ether oxygens (including phenoxy) is 4. The highest BCUT2D eigenvalue weighted by atomic mass is 16.6. The number of unbranched alkanes of at least 4 members (excludes halogenated alkanes) is 4. The molecule has 0 aliphatic carbocycles. The molecule has 1 atom stereocenters. The number of esters is 1. The van der Waals surface area contributed by atoms with Gasteiger partial charge in [-0.25, -0.2) is 4.79 Å². The summed E-state index contributed by atoms with van der Waals surface area (Å²) in [6.45, 7) is 4.55. The fourth-order valence-electron chi connectivity index (χ4n) is 4.51. The van der Waals surface area contributed by atoms with Crippen molar-refractivity contribution in [3.63, 3.8) is 0 Å². The number of carbonyl (C=O) groups is 1. The van der Waals surface area contributed by atoms with Crippen LogP contribution < -0.4 is 24.7 Å². The number of para-hydroxylation sites is 1. The number of benzene rings is 3. The van der Waals surface area contributed by atoms with Gasteiger partial charge >= 0.3 is 5.97 Å². The minimum Gasteiger partial charge on any atom is -0.494 e.